The lowest BCUT2D eigenvalue weighted by atomic mass is 10.0. The standard InChI is InChI=1S/C13H20ClN3O3/c1-6-17-11(9(14)8(4)16-17)12(18)15-10(7(2)3)13(19)20-5/h7,10H,6H2,1-5H3,(H,15,18). The third-order valence-corrected chi connectivity index (χ3v) is 3.43. The summed E-state index contributed by atoms with van der Waals surface area (Å²) in [6.07, 6.45) is 0. The summed E-state index contributed by atoms with van der Waals surface area (Å²) in [5.74, 6) is -1.01. The first kappa shape index (κ1) is 16.5. The quantitative estimate of drug-likeness (QED) is 0.842. The number of nitrogens with one attached hydrogen (secondary N) is 1. The number of ether oxygens (including phenoxy) is 1. The van der Waals surface area contributed by atoms with Gasteiger partial charge < -0.3 is 10.1 Å². The van der Waals surface area contributed by atoms with Gasteiger partial charge in [-0.2, -0.15) is 5.10 Å². The van der Waals surface area contributed by atoms with Crippen molar-refractivity contribution in [2.24, 2.45) is 5.92 Å². The van der Waals surface area contributed by atoms with Crippen LogP contribution in [-0.4, -0.2) is 34.8 Å². The highest BCUT2D eigenvalue weighted by Gasteiger charge is 2.28. The van der Waals surface area contributed by atoms with Crippen molar-refractivity contribution < 1.29 is 14.3 Å². The number of aryl methyl sites for hydroxylation is 2. The van der Waals surface area contributed by atoms with Crippen molar-refractivity contribution in [1.29, 1.82) is 0 Å². The van der Waals surface area contributed by atoms with E-state index in [2.05, 4.69) is 10.4 Å². The Labute approximate surface area is 123 Å². The monoisotopic (exact) mass is 301 g/mol. The molecule has 1 aromatic heterocycles. The van der Waals surface area contributed by atoms with Crippen LogP contribution in [0.5, 0.6) is 0 Å². The van der Waals surface area contributed by atoms with Crippen LogP contribution < -0.4 is 5.32 Å². The van der Waals surface area contributed by atoms with Gasteiger partial charge in [0.2, 0.25) is 0 Å². The van der Waals surface area contributed by atoms with Gasteiger partial charge in [0.15, 0.2) is 0 Å². The highest BCUT2D eigenvalue weighted by atomic mass is 35.5. The lowest BCUT2D eigenvalue weighted by Gasteiger charge is -2.20. The molecule has 1 unspecified atom stereocenters. The second kappa shape index (κ2) is 6.74. The average Bonchev–Trinajstić information content (AvgIpc) is 2.70. The van der Waals surface area contributed by atoms with Crippen molar-refractivity contribution in [3.63, 3.8) is 0 Å². The minimum Gasteiger partial charge on any atom is -0.467 e. The largest absolute Gasteiger partial charge is 0.467 e. The molecular weight excluding hydrogens is 282 g/mol. The van der Waals surface area contributed by atoms with Gasteiger partial charge in [-0.05, 0) is 19.8 Å². The van der Waals surface area contributed by atoms with Crippen LogP contribution >= 0.6 is 11.6 Å². The molecule has 0 aliphatic carbocycles. The Morgan fingerprint density at radius 1 is 1.45 bits per heavy atom. The molecule has 0 aliphatic heterocycles. The number of esters is 1. The number of aromatic nitrogens is 2. The molecule has 0 saturated heterocycles. The molecule has 0 saturated carbocycles. The molecule has 0 bridgehead atoms. The molecule has 1 heterocycles. The number of carbonyl (C=O) groups is 2. The number of carbonyl (C=O) groups excluding carboxylic acids is 2. The van der Waals surface area contributed by atoms with E-state index in [0.29, 0.717) is 17.3 Å². The molecular formula is C13H20ClN3O3. The first-order valence-corrected chi connectivity index (χ1v) is 6.82. The molecule has 0 fully saturated rings. The summed E-state index contributed by atoms with van der Waals surface area (Å²) < 4.78 is 6.21. The molecule has 7 heteroatoms. The number of rotatable bonds is 5. The lowest BCUT2D eigenvalue weighted by Crippen LogP contribution is -2.45. The van der Waals surface area contributed by atoms with E-state index >= 15 is 0 Å². The molecule has 0 spiro atoms. The van der Waals surface area contributed by atoms with Gasteiger partial charge in [0.25, 0.3) is 5.91 Å². The Balaban J connectivity index is 3.03. The normalized spacial score (nSPS) is 12.3. The summed E-state index contributed by atoms with van der Waals surface area (Å²) in [5.41, 5.74) is 0.846. The van der Waals surface area contributed by atoms with E-state index < -0.39 is 17.9 Å². The minimum atomic E-state index is -0.718. The summed E-state index contributed by atoms with van der Waals surface area (Å²) in [7, 11) is 1.29. The number of amides is 1. The van der Waals surface area contributed by atoms with Gasteiger partial charge in [0, 0.05) is 6.54 Å². The van der Waals surface area contributed by atoms with Gasteiger partial charge in [-0.25, -0.2) is 4.79 Å². The van der Waals surface area contributed by atoms with E-state index in [1.165, 1.54) is 11.8 Å². The summed E-state index contributed by atoms with van der Waals surface area (Å²) in [6.45, 7) is 7.75. The molecule has 20 heavy (non-hydrogen) atoms. The fourth-order valence-corrected chi connectivity index (χ4v) is 2.06. The van der Waals surface area contributed by atoms with E-state index in [0.717, 1.165) is 0 Å². The molecule has 1 amide bonds. The smallest absolute Gasteiger partial charge is 0.328 e. The van der Waals surface area contributed by atoms with Crippen molar-refractivity contribution >= 4 is 23.5 Å². The lowest BCUT2D eigenvalue weighted by molar-refractivity contribution is -0.144. The van der Waals surface area contributed by atoms with Crippen LogP contribution in [0.4, 0.5) is 0 Å². The summed E-state index contributed by atoms with van der Waals surface area (Å²) in [5, 5.41) is 7.13. The minimum absolute atomic E-state index is 0.0933. The summed E-state index contributed by atoms with van der Waals surface area (Å²) in [6, 6.07) is -0.718. The second-order valence-corrected chi connectivity index (χ2v) is 5.16. The second-order valence-electron chi connectivity index (χ2n) is 4.78. The van der Waals surface area contributed by atoms with Crippen LogP contribution in [0.15, 0.2) is 0 Å². The Morgan fingerprint density at radius 2 is 2.05 bits per heavy atom. The van der Waals surface area contributed by atoms with Crippen molar-refractivity contribution in [2.75, 3.05) is 7.11 Å². The van der Waals surface area contributed by atoms with Crippen LogP contribution in [0.3, 0.4) is 0 Å². The maximum atomic E-state index is 12.3. The summed E-state index contributed by atoms with van der Waals surface area (Å²) >= 11 is 6.10. The molecule has 1 atom stereocenters. The van der Waals surface area contributed by atoms with E-state index in [9.17, 15) is 9.59 Å². The van der Waals surface area contributed by atoms with Gasteiger partial charge in [-0.1, -0.05) is 25.4 Å². The Bertz CT molecular complexity index is 511. The van der Waals surface area contributed by atoms with E-state index in [-0.39, 0.29) is 11.6 Å². The fourth-order valence-electron chi connectivity index (χ4n) is 1.84. The van der Waals surface area contributed by atoms with Crippen LogP contribution in [-0.2, 0) is 16.1 Å². The first-order chi connectivity index (χ1) is 9.33. The summed E-state index contributed by atoms with van der Waals surface area (Å²) in [4.78, 5) is 24.0. The zero-order valence-corrected chi connectivity index (χ0v) is 13.1. The Hall–Kier alpha value is -1.56. The zero-order chi connectivity index (χ0) is 15.4. The van der Waals surface area contributed by atoms with E-state index in [1.54, 1.807) is 6.92 Å². The van der Waals surface area contributed by atoms with E-state index in [1.807, 2.05) is 20.8 Å². The molecule has 0 aliphatic rings. The van der Waals surface area contributed by atoms with Crippen LogP contribution in [0.2, 0.25) is 5.02 Å². The fraction of sp³-hybridized carbons (Fsp3) is 0.615. The highest BCUT2D eigenvalue weighted by molar-refractivity contribution is 6.34. The topological polar surface area (TPSA) is 73.2 Å². The van der Waals surface area contributed by atoms with Gasteiger partial charge in [0.05, 0.1) is 17.8 Å². The van der Waals surface area contributed by atoms with Gasteiger partial charge in [-0.3, -0.25) is 9.48 Å². The number of methoxy groups -OCH3 is 1. The van der Waals surface area contributed by atoms with Crippen molar-refractivity contribution in [2.45, 2.75) is 40.3 Å². The first-order valence-electron chi connectivity index (χ1n) is 6.45. The predicted octanol–water partition coefficient (Wildman–Crippen LogP) is 1.79. The zero-order valence-electron chi connectivity index (χ0n) is 12.4. The number of hydrogen-bond donors (Lipinski definition) is 1. The number of nitrogens with zero attached hydrogens (tertiary/aromatic N) is 2. The number of hydrogen-bond acceptors (Lipinski definition) is 4. The van der Waals surface area contributed by atoms with Gasteiger partial charge in [0.1, 0.15) is 11.7 Å². The van der Waals surface area contributed by atoms with Crippen molar-refractivity contribution in [3.05, 3.63) is 16.4 Å². The molecule has 1 rings (SSSR count). The highest BCUT2D eigenvalue weighted by Crippen LogP contribution is 2.20. The molecule has 112 valence electrons. The number of halogens is 1. The predicted molar refractivity (Wildman–Crippen MR) is 75.8 cm³/mol. The Morgan fingerprint density at radius 3 is 2.50 bits per heavy atom. The van der Waals surface area contributed by atoms with Crippen LogP contribution in [0.1, 0.15) is 37.0 Å². The average molecular weight is 302 g/mol. The van der Waals surface area contributed by atoms with Crippen molar-refractivity contribution in [3.8, 4) is 0 Å². The molecule has 1 aromatic rings. The molecule has 0 radical (unpaired) electrons. The van der Waals surface area contributed by atoms with Crippen LogP contribution in [0.25, 0.3) is 0 Å². The van der Waals surface area contributed by atoms with Crippen molar-refractivity contribution in [1.82, 2.24) is 15.1 Å². The van der Waals surface area contributed by atoms with Gasteiger partial charge in [-0.15, -0.1) is 0 Å². The molecule has 0 aromatic carbocycles. The maximum absolute atomic E-state index is 12.3. The van der Waals surface area contributed by atoms with Gasteiger partial charge >= 0.3 is 5.97 Å². The molecule has 6 nitrogen and oxygen atoms in total. The third kappa shape index (κ3) is 3.30. The van der Waals surface area contributed by atoms with E-state index in [4.69, 9.17) is 16.3 Å². The third-order valence-electron chi connectivity index (χ3n) is 2.98. The van der Waals surface area contributed by atoms with Crippen LogP contribution in [0, 0.1) is 12.8 Å². The SMILES string of the molecule is CCn1nc(C)c(Cl)c1C(=O)NC(C(=O)OC)C(C)C. The molecule has 1 N–H and O–H groups in total. The maximum Gasteiger partial charge on any atom is 0.328 e. The Kier molecular flexibility index (Phi) is 5.56.